The van der Waals surface area contributed by atoms with Gasteiger partial charge in [-0.1, -0.05) is 0 Å². The molecule has 3 heteroatoms. The molecule has 0 aliphatic heterocycles. The van der Waals surface area contributed by atoms with Gasteiger partial charge in [0.05, 0.1) is 18.2 Å². The minimum Gasteiger partial charge on any atom is -0.465 e. The Hall–Kier alpha value is -1.90. The highest BCUT2D eigenvalue weighted by Crippen LogP contribution is 2.17. The van der Waals surface area contributed by atoms with Crippen LogP contribution in [0.5, 0.6) is 0 Å². The summed E-state index contributed by atoms with van der Waals surface area (Å²) in [6.07, 6.45) is 1.70. The van der Waals surface area contributed by atoms with E-state index in [2.05, 4.69) is 16.6 Å². The number of carbonyl (C=O) groups excluding carboxylic acids is 1. The molecule has 0 saturated carbocycles. The maximum Gasteiger partial charge on any atom is 0.337 e. The van der Waals surface area contributed by atoms with Gasteiger partial charge >= 0.3 is 5.97 Å². The van der Waals surface area contributed by atoms with E-state index in [0.717, 1.165) is 16.5 Å². The Morgan fingerprint density at radius 2 is 2.20 bits per heavy atom. The highest BCUT2D eigenvalue weighted by Gasteiger charge is 2.06. The maximum atomic E-state index is 11.3. The lowest BCUT2D eigenvalue weighted by molar-refractivity contribution is 0.0601. The van der Waals surface area contributed by atoms with Gasteiger partial charge in [-0.15, -0.1) is 0 Å². The predicted octanol–water partition coefficient (Wildman–Crippen LogP) is 2.20. The molecule has 2 aromatic rings. The summed E-state index contributed by atoms with van der Waals surface area (Å²) in [5.41, 5.74) is 2.20. The lowest BCUT2D eigenvalue weighted by Gasteiger charge is -2.03. The van der Waals surface area contributed by atoms with Gasteiger partial charge < -0.3 is 4.74 Å². The Morgan fingerprint density at radius 3 is 2.93 bits per heavy atom. The minimum atomic E-state index is -0.347. The number of rotatable bonds is 1. The summed E-state index contributed by atoms with van der Waals surface area (Å²) in [7, 11) is 1.36. The van der Waals surface area contributed by atoms with Crippen molar-refractivity contribution in [2.75, 3.05) is 7.11 Å². The quantitative estimate of drug-likeness (QED) is 0.662. The molecule has 0 N–H and O–H groups in total. The second kappa shape index (κ2) is 3.69. The van der Waals surface area contributed by atoms with E-state index in [9.17, 15) is 4.79 Å². The van der Waals surface area contributed by atoms with Crippen molar-refractivity contribution in [3.8, 4) is 0 Å². The average Bonchev–Trinajstić information content (AvgIpc) is 2.28. The van der Waals surface area contributed by atoms with Crippen LogP contribution in [0.1, 0.15) is 15.9 Å². The molecule has 0 bridgehead atoms. The summed E-state index contributed by atoms with van der Waals surface area (Å²) >= 11 is 0. The molecule has 1 aromatic carbocycles. The van der Waals surface area contributed by atoms with Crippen LogP contribution >= 0.6 is 0 Å². The highest BCUT2D eigenvalue weighted by molar-refractivity contribution is 5.95. The van der Waals surface area contributed by atoms with Crippen LogP contribution in [0.25, 0.3) is 10.9 Å². The second-order valence-electron chi connectivity index (χ2n) is 3.19. The third-order valence-corrected chi connectivity index (χ3v) is 2.25. The van der Waals surface area contributed by atoms with E-state index in [-0.39, 0.29) is 5.97 Å². The molecule has 0 spiro atoms. The number of ether oxygens (including phenoxy) is 1. The zero-order valence-corrected chi connectivity index (χ0v) is 8.36. The Kier molecular flexibility index (Phi) is 2.37. The molecule has 2 rings (SSSR count). The van der Waals surface area contributed by atoms with Crippen molar-refractivity contribution in [2.24, 2.45) is 0 Å². The molecule has 0 aliphatic carbocycles. The molecule has 0 atom stereocenters. The second-order valence-corrected chi connectivity index (χ2v) is 3.19. The van der Waals surface area contributed by atoms with Crippen molar-refractivity contribution < 1.29 is 9.53 Å². The third-order valence-electron chi connectivity index (χ3n) is 2.25. The lowest BCUT2D eigenvalue weighted by atomic mass is 10.1. The van der Waals surface area contributed by atoms with E-state index in [4.69, 9.17) is 0 Å². The Balaban J connectivity index is 2.64. The van der Waals surface area contributed by atoms with Crippen molar-refractivity contribution in [1.29, 1.82) is 0 Å². The first-order chi connectivity index (χ1) is 7.22. The van der Waals surface area contributed by atoms with E-state index < -0.39 is 0 Å². The van der Waals surface area contributed by atoms with E-state index >= 15 is 0 Å². The number of nitrogens with zero attached hydrogens (tertiary/aromatic N) is 1. The fourth-order valence-corrected chi connectivity index (χ4v) is 1.45. The first-order valence-corrected chi connectivity index (χ1v) is 4.51. The number of fused-ring (bicyclic) bond motifs is 1. The third kappa shape index (κ3) is 1.68. The van der Waals surface area contributed by atoms with Crippen LogP contribution in [-0.2, 0) is 4.74 Å². The largest absolute Gasteiger partial charge is 0.465 e. The Bertz CT molecular complexity index is 520. The Morgan fingerprint density at radius 1 is 1.40 bits per heavy atom. The normalized spacial score (nSPS) is 10.3. The van der Waals surface area contributed by atoms with Crippen LogP contribution in [-0.4, -0.2) is 18.1 Å². The minimum absolute atomic E-state index is 0.347. The van der Waals surface area contributed by atoms with E-state index in [0.29, 0.717) is 5.56 Å². The fraction of sp³-hybridized carbons (Fsp3) is 0.0833. The zero-order chi connectivity index (χ0) is 10.8. The van der Waals surface area contributed by atoms with E-state index in [1.807, 2.05) is 6.07 Å². The van der Waals surface area contributed by atoms with Crippen LogP contribution in [0.15, 0.2) is 30.5 Å². The number of hydrogen-bond acceptors (Lipinski definition) is 3. The summed E-state index contributed by atoms with van der Waals surface area (Å²) in [6.45, 7) is 3.88. The molecule has 0 fully saturated rings. The molecular formula is C12H10NO2. The molecule has 1 radical (unpaired) electrons. The molecule has 3 nitrogen and oxygen atoms in total. The molecule has 75 valence electrons. The van der Waals surface area contributed by atoms with Gasteiger partial charge in [-0.05, 0) is 36.8 Å². The van der Waals surface area contributed by atoms with Crippen LogP contribution in [0, 0.1) is 6.92 Å². The topological polar surface area (TPSA) is 39.2 Å². The summed E-state index contributed by atoms with van der Waals surface area (Å²) in [4.78, 5) is 15.5. The molecular weight excluding hydrogens is 190 g/mol. The molecule has 0 saturated heterocycles. The number of carbonyl (C=O) groups is 1. The summed E-state index contributed by atoms with van der Waals surface area (Å²) < 4.78 is 4.65. The van der Waals surface area contributed by atoms with Crippen LogP contribution in [0.2, 0.25) is 0 Å². The summed E-state index contributed by atoms with van der Waals surface area (Å²) in [6, 6.07) is 7.04. The zero-order valence-electron chi connectivity index (χ0n) is 8.36. The van der Waals surface area contributed by atoms with Gasteiger partial charge in [0, 0.05) is 11.6 Å². The lowest BCUT2D eigenvalue weighted by Crippen LogP contribution is -2.00. The Labute approximate surface area is 87.7 Å². The van der Waals surface area contributed by atoms with Crippen molar-refractivity contribution >= 4 is 16.9 Å². The molecule has 15 heavy (non-hydrogen) atoms. The molecule has 0 unspecified atom stereocenters. The number of esters is 1. The average molecular weight is 200 g/mol. The SMILES string of the molecule is [CH2]c1ccnc2ccc(C(=O)OC)cc12. The predicted molar refractivity (Wildman–Crippen MR) is 57.5 cm³/mol. The monoisotopic (exact) mass is 200 g/mol. The van der Waals surface area contributed by atoms with Crippen LogP contribution < -0.4 is 0 Å². The summed E-state index contributed by atoms with van der Waals surface area (Å²) in [5.74, 6) is -0.347. The van der Waals surface area contributed by atoms with E-state index in [1.54, 1.807) is 24.4 Å². The number of methoxy groups -OCH3 is 1. The van der Waals surface area contributed by atoms with E-state index in [1.165, 1.54) is 7.11 Å². The van der Waals surface area contributed by atoms with Gasteiger partial charge in [0.1, 0.15) is 0 Å². The number of hydrogen-bond donors (Lipinski definition) is 0. The van der Waals surface area contributed by atoms with Gasteiger partial charge in [-0.25, -0.2) is 4.79 Å². The van der Waals surface area contributed by atoms with Crippen molar-refractivity contribution in [2.45, 2.75) is 0 Å². The fourth-order valence-electron chi connectivity index (χ4n) is 1.45. The van der Waals surface area contributed by atoms with Crippen molar-refractivity contribution in [1.82, 2.24) is 4.98 Å². The number of benzene rings is 1. The molecule has 1 aromatic heterocycles. The van der Waals surface area contributed by atoms with Gasteiger partial charge in [-0.2, -0.15) is 0 Å². The first-order valence-electron chi connectivity index (χ1n) is 4.51. The molecule has 1 heterocycles. The number of aromatic nitrogens is 1. The van der Waals surface area contributed by atoms with Gasteiger partial charge in [0.25, 0.3) is 0 Å². The standard InChI is InChI=1S/C12H10NO2/c1-8-5-6-13-11-4-3-9(7-10(8)11)12(14)15-2/h3-7H,1H2,2H3. The number of pyridine rings is 1. The highest BCUT2D eigenvalue weighted by atomic mass is 16.5. The van der Waals surface area contributed by atoms with Crippen LogP contribution in [0.4, 0.5) is 0 Å². The van der Waals surface area contributed by atoms with Crippen LogP contribution in [0.3, 0.4) is 0 Å². The van der Waals surface area contributed by atoms with Crippen molar-refractivity contribution in [3.05, 3.63) is 48.5 Å². The first kappa shape index (κ1) is 9.65. The maximum absolute atomic E-state index is 11.3. The van der Waals surface area contributed by atoms with Gasteiger partial charge in [-0.3, -0.25) is 4.98 Å². The van der Waals surface area contributed by atoms with Crippen molar-refractivity contribution in [3.63, 3.8) is 0 Å². The van der Waals surface area contributed by atoms with Gasteiger partial charge in [0.2, 0.25) is 0 Å². The summed E-state index contributed by atoms with van der Waals surface area (Å²) in [5, 5.41) is 0.875. The van der Waals surface area contributed by atoms with Gasteiger partial charge in [0.15, 0.2) is 0 Å². The molecule has 0 aliphatic rings. The molecule has 0 amide bonds. The smallest absolute Gasteiger partial charge is 0.337 e.